The van der Waals surface area contributed by atoms with Crippen LogP contribution in [-0.2, 0) is 0 Å². The molecule has 0 unspecified atom stereocenters. The second kappa shape index (κ2) is 4.49. The Morgan fingerprint density at radius 1 is 1.33 bits per heavy atom. The molecule has 0 amide bonds. The molecule has 0 aliphatic rings. The highest BCUT2D eigenvalue weighted by atomic mass is 32.1. The van der Waals surface area contributed by atoms with E-state index in [4.69, 9.17) is 0 Å². The summed E-state index contributed by atoms with van der Waals surface area (Å²) in [5, 5.41) is 6.90. The van der Waals surface area contributed by atoms with E-state index in [1.54, 1.807) is 11.3 Å². The van der Waals surface area contributed by atoms with Crippen molar-refractivity contribution in [3.05, 3.63) is 41.3 Å². The van der Waals surface area contributed by atoms with E-state index in [9.17, 15) is 0 Å². The Kier molecular flexibility index (Phi) is 3.07. The lowest BCUT2D eigenvalue weighted by Crippen LogP contribution is -1.98. The molecule has 1 aromatic heterocycles. The Bertz CT molecular complexity index is 478. The van der Waals surface area contributed by atoms with E-state index in [0.717, 1.165) is 6.54 Å². The van der Waals surface area contributed by atoms with Gasteiger partial charge in [-0.25, -0.2) is 0 Å². The van der Waals surface area contributed by atoms with Crippen molar-refractivity contribution in [1.29, 1.82) is 0 Å². The second-order valence-corrected chi connectivity index (χ2v) is 4.72. The summed E-state index contributed by atoms with van der Waals surface area (Å²) in [4.78, 5) is 0. The molecule has 1 heterocycles. The molecule has 15 heavy (non-hydrogen) atoms. The molecule has 78 valence electrons. The quantitative estimate of drug-likeness (QED) is 0.757. The molecule has 1 aromatic carbocycles. The largest absolute Gasteiger partial charge is 0.380 e. The summed E-state index contributed by atoms with van der Waals surface area (Å²) in [7, 11) is 0. The minimum Gasteiger partial charge on any atom is -0.380 e. The third-order valence-electron chi connectivity index (χ3n) is 2.28. The Labute approximate surface area is 94.4 Å². The molecule has 0 fully saturated rings. The van der Waals surface area contributed by atoms with Crippen molar-refractivity contribution in [3.8, 4) is 0 Å². The molecule has 1 nitrogen and oxygen atoms in total. The van der Waals surface area contributed by atoms with E-state index in [0.29, 0.717) is 0 Å². The predicted molar refractivity (Wildman–Crippen MR) is 69.7 cm³/mol. The van der Waals surface area contributed by atoms with Gasteiger partial charge in [-0.3, -0.25) is 0 Å². The number of hydrogen-bond acceptors (Lipinski definition) is 2. The molecule has 0 atom stereocenters. The van der Waals surface area contributed by atoms with E-state index in [1.165, 1.54) is 21.3 Å². The summed E-state index contributed by atoms with van der Waals surface area (Å²) < 4.78 is 1.35. The van der Waals surface area contributed by atoms with Crippen LogP contribution in [0.5, 0.6) is 0 Å². The molecule has 0 bridgehead atoms. The standard InChI is InChI=1S/C13H15NS/c1-10(2)6-8-14-12-5-3-4-11-7-9-15-13(11)12/h3-7,9,14H,8H2,1-2H3. The summed E-state index contributed by atoms with van der Waals surface area (Å²) in [6.45, 7) is 5.14. The van der Waals surface area contributed by atoms with Gasteiger partial charge in [-0.2, -0.15) is 0 Å². The summed E-state index contributed by atoms with van der Waals surface area (Å²) in [6, 6.07) is 8.54. The molecule has 1 N–H and O–H groups in total. The molecular weight excluding hydrogens is 202 g/mol. The maximum absolute atomic E-state index is 3.44. The van der Waals surface area contributed by atoms with Crippen LogP contribution < -0.4 is 5.32 Å². The van der Waals surface area contributed by atoms with E-state index in [-0.39, 0.29) is 0 Å². The lowest BCUT2D eigenvalue weighted by Gasteiger charge is -2.04. The van der Waals surface area contributed by atoms with Gasteiger partial charge in [0.1, 0.15) is 0 Å². The predicted octanol–water partition coefficient (Wildman–Crippen LogP) is 4.28. The van der Waals surface area contributed by atoms with Crippen molar-refractivity contribution >= 4 is 27.1 Å². The van der Waals surface area contributed by atoms with Crippen LogP contribution in [0.4, 0.5) is 5.69 Å². The fourth-order valence-electron chi connectivity index (χ4n) is 1.50. The normalized spacial score (nSPS) is 10.3. The highest BCUT2D eigenvalue weighted by molar-refractivity contribution is 7.17. The fraction of sp³-hybridized carbons (Fsp3) is 0.231. The van der Waals surface area contributed by atoms with Crippen molar-refractivity contribution in [2.24, 2.45) is 0 Å². The van der Waals surface area contributed by atoms with Gasteiger partial charge in [0, 0.05) is 6.54 Å². The van der Waals surface area contributed by atoms with Crippen molar-refractivity contribution < 1.29 is 0 Å². The Morgan fingerprint density at radius 3 is 3.00 bits per heavy atom. The Morgan fingerprint density at radius 2 is 2.20 bits per heavy atom. The number of thiophene rings is 1. The third kappa shape index (κ3) is 2.39. The molecule has 0 saturated carbocycles. The molecule has 2 aromatic rings. The minimum atomic E-state index is 0.902. The van der Waals surface area contributed by atoms with E-state index >= 15 is 0 Å². The lowest BCUT2D eigenvalue weighted by molar-refractivity contribution is 1.27. The summed E-state index contributed by atoms with van der Waals surface area (Å²) in [5.74, 6) is 0. The monoisotopic (exact) mass is 217 g/mol. The third-order valence-corrected chi connectivity index (χ3v) is 3.25. The zero-order chi connectivity index (χ0) is 10.7. The topological polar surface area (TPSA) is 12.0 Å². The van der Waals surface area contributed by atoms with Gasteiger partial charge >= 0.3 is 0 Å². The lowest BCUT2D eigenvalue weighted by atomic mass is 10.2. The SMILES string of the molecule is CC(C)=CCNc1cccc2ccsc12. The van der Waals surface area contributed by atoms with Crippen LogP contribution in [0.1, 0.15) is 13.8 Å². The van der Waals surface area contributed by atoms with Crippen LogP contribution in [0.2, 0.25) is 0 Å². The van der Waals surface area contributed by atoms with Crippen molar-refractivity contribution in [3.63, 3.8) is 0 Å². The minimum absolute atomic E-state index is 0.902. The number of nitrogens with one attached hydrogen (secondary N) is 1. The maximum atomic E-state index is 3.44. The van der Waals surface area contributed by atoms with Gasteiger partial charge in [0.2, 0.25) is 0 Å². The van der Waals surface area contributed by atoms with Crippen LogP contribution in [0.15, 0.2) is 41.3 Å². The van der Waals surface area contributed by atoms with Gasteiger partial charge < -0.3 is 5.32 Å². The molecule has 2 rings (SSSR count). The first-order valence-corrected chi connectivity index (χ1v) is 5.99. The highest BCUT2D eigenvalue weighted by Crippen LogP contribution is 2.28. The number of fused-ring (bicyclic) bond motifs is 1. The number of hydrogen-bond donors (Lipinski definition) is 1. The number of benzene rings is 1. The number of allylic oxidation sites excluding steroid dienone is 1. The van der Waals surface area contributed by atoms with Crippen LogP contribution in [0.3, 0.4) is 0 Å². The smallest absolute Gasteiger partial charge is 0.0574 e. The summed E-state index contributed by atoms with van der Waals surface area (Å²) in [6.07, 6.45) is 2.20. The fourth-order valence-corrected chi connectivity index (χ4v) is 2.39. The zero-order valence-corrected chi connectivity index (χ0v) is 9.90. The summed E-state index contributed by atoms with van der Waals surface area (Å²) >= 11 is 1.79. The first-order chi connectivity index (χ1) is 7.27. The summed E-state index contributed by atoms with van der Waals surface area (Å²) in [5.41, 5.74) is 2.58. The van der Waals surface area contributed by atoms with Gasteiger partial charge in [-0.1, -0.05) is 23.8 Å². The van der Waals surface area contributed by atoms with Gasteiger partial charge in [-0.15, -0.1) is 11.3 Å². The molecule has 0 aliphatic heterocycles. The first kappa shape index (κ1) is 10.2. The molecular formula is C13H15NS. The molecule has 0 radical (unpaired) electrons. The van der Waals surface area contributed by atoms with Gasteiger partial charge in [0.05, 0.1) is 10.4 Å². The molecule has 2 heteroatoms. The molecule has 0 aliphatic carbocycles. The van der Waals surface area contributed by atoms with Crippen LogP contribution in [0, 0.1) is 0 Å². The number of anilines is 1. The maximum Gasteiger partial charge on any atom is 0.0574 e. The Hall–Kier alpha value is -1.28. The molecule has 0 saturated heterocycles. The molecule has 0 spiro atoms. The van der Waals surface area contributed by atoms with Crippen LogP contribution in [0.25, 0.3) is 10.1 Å². The van der Waals surface area contributed by atoms with Crippen molar-refractivity contribution in [1.82, 2.24) is 0 Å². The second-order valence-electron chi connectivity index (χ2n) is 3.81. The first-order valence-electron chi connectivity index (χ1n) is 5.11. The van der Waals surface area contributed by atoms with E-state index in [1.807, 2.05) is 0 Å². The van der Waals surface area contributed by atoms with Crippen LogP contribution in [-0.4, -0.2) is 6.54 Å². The van der Waals surface area contributed by atoms with E-state index in [2.05, 4.69) is 54.9 Å². The number of rotatable bonds is 3. The zero-order valence-electron chi connectivity index (χ0n) is 9.08. The highest BCUT2D eigenvalue weighted by Gasteiger charge is 1.99. The average Bonchev–Trinajstić information content (AvgIpc) is 2.65. The van der Waals surface area contributed by atoms with Gasteiger partial charge in [0.25, 0.3) is 0 Å². The van der Waals surface area contributed by atoms with Gasteiger partial charge in [-0.05, 0) is 36.7 Å². The average molecular weight is 217 g/mol. The van der Waals surface area contributed by atoms with E-state index < -0.39 is 0 Å². The Balaban J connectivity index is 2.20. The van der Waals surface area contributed by atoms with Crippen LogP contribution >= 0.6 is 11.3 Å². The van der Waals surface area contributed by atoms with Gasteiger partial charge in [0.15, 0.2) is 0 Å². The van der Waals surface area contributed by atoms with Crippen molar-refractivity contribution in [2.45, 2.75) is 13.8 Å². The van der Waals surface area contributed by atoms with Crippen molar-refractivity contribution in [2.75, 3.05) is 11.9 Å².